The normalized spacial score (nSPS) is 15.5. The minimum absolute atomic E-state index is 0.124. The molecule has 1 aliphatic rings. The quantitative estimate of drug-likeness (QED) is 0.749. The fraction of sp³-hybridized carbons (Fsp3) is 0.429. The smallest absolute Gasteiger partial charge is 0.230 e. The molecule has 0 aliphatic heterocycles. The first-order valence-corrected chi connectivity index (χ1v) is 9.23. The van der Waals surface area contributed by atoms with Crippen LogP contribution in [0.5, 0.6) is 5.75 Å². The van der Waals surface area contributed by atoms with E-state index in [4.69, 9.17) is 4.74 Å². The third kappa shape index (κ3) is 3.98. The number of anilines is 1. The monoisotopic (exact) mass is 353 g/mol. The van der Waals surface area contributed by atoms with Gasteiger partial charge in [-0.25, -0.2) is 4.98 Å². The van der Waals surface area contributed by atoms with Crippen molar-refractivity contribution in [3.05, 3.63) is 53.7 Å². The first kappa shape index (κ1) is 18.2. The van der Waals surface area contributed by atoms with Crippen molar-refractivity contribution >= 4 is 11.7 Å². The minimum Gasteiger partial charge on any atom is -0.497 e. The maximum absolute atomic E-state index is 13.0. The van der Waals surface area contributed by atoms with E-state index < -0.39 is 5.41 Å². The SMILES string of the molecule is COc1ccc(C2(C(=O)NCCNc3cc(C)ccn3)CCCC2)cc1. The van der Waals surface area contributed by atoms with Gasteiger partial charge in [-0.1, -0.05) is 25.0 Å². The second-order valence-corrected chi connectivity index (χ2v) is 6.92. The molecule has 26 heavy (non-hydrogen) atoms. The van der Waals surface area contributed by atoms with Crippen LogP contribution in [0.3, 0.4) is 0 Å². The number of hydrogen-bond donors (Lipinski definition) is 2. The number of nitrogens with zero attached hydrogens (tertiary/aromatic N) is 1. The molecule has 1 aromatic carbocycles. The molecule has 0 atom stereocenters. The van der Waals surface area contributed by atoms with Crippen LogP contribution in [0.1, 0.15) is 36.8 Å². The van der Waals surface area contributed by atoms with Crippen LogP contribution < -0.4 is 15.4 Å². The zero-order valence-electron chi connectivity index (χ0n) is 15.5. The van der Waals surface area contributed by atoms with Gasteiger partial charge in [0.25, 0.3) is 0 Å². The van der Waals surface area contributed by atoms with Crippen LogP contribution in [0.4, 0.5) is 5.82 Å². The zero-order chi connectivity index (χ0) is 18.4. The van der Waals surface area contributed by atoms with Gasteiger partial charge in [0.05, 0.1) is 12.5 Å². The molecule has 2 N–H and O–H groups in total. The number of nitrogens with one attached hydrogen (secondary N) is 2. The largest absolute Gasteiger partial charge is 0.497 e. The number of carbonyl (C=O) groups excluding carboxylic acids is 1. The van der Waals surface area contributed by atoms with Gasteiger partial charge in [-0.05, 0) is 55.2 Å². The summed E-state index contributed by atoms with van der Waals surface area (Å²) < 4.78 is 5.24. The van der Waals surface area contributed by atoms with Crippen LogP contribution in [0.25, 0.3) is 0 Å². The summed E-state index contributed by atoms with van der Waals surface area (Å²) in [7, 11) is 1.66. The summed E-state index contributed by atoms with van der Waals surface area (Å²) in [5.41, 5.74) is 1.84. The Bertz CT molecular complexity index is 737. The van der Waals surface area contributed by atoms with Crippen LogP contribution in [-0.4, -0.2) is 31.1 Å². The molecule has 1 heterocycles. The number of benzene rings is 1. The van der Waals surface area contributed by atoms with E-state index in [1.807, 2.05) is 43.3 Å². The highest BCUT2D eigenvalue weighted by Crippen LogP contribution is 2.41. The van der Waals surface area contributed by atoms with E-state index in [-0.39, 0.29) is 5.91 Å². The molecule has 1 aliphatic carbocycles. The lowest BCUT2D eigenvalue weighted by Crippen LogP contribution is -2.44. The number of ether oxygens (including phenoxy) is 1. The molecule has 1 aromatic heterocycles. The molecule has 0 bridgehead atoms. The molecule has 0 spiro atoms. The average molecular weight is 353 g/mol. The van der Waals surface area contributed by atoms with Crippen LogP contribution in [0.15, 0.2) is 42.6 Å². The van der Waals surface area contributed by atoms with Gasteiger partial charge in [-0.3, -0.25) is 4.79 Å². The Morgan fingerprint density at radius 3 is 2.54 bits per heavy atom. The fourth-order valence-electron chi connectivity index (χ4n) is 3.70. The van der Waals surface area contributed by atoms with Crippen LogP contribution in [0.2, 0.25) is 0 Å². The standard InChI is InChI=1S/C21H27N3O2/c1-16-9-12-22-19(15-16)23-13-14-24-20(25)21(10-3-4-11-21)17-5-7-18(26-2)8-6-17/h5-9,12,15H,3-4,10-11,13-14H2,1-2H3,(H,22,23)(H,24,25). The van der Waals surface area contributed by atoms with Gasteiger partial charge in [0, 0.05) is 19.3 Å². The zero-order valence-corrected chi connectivity index (χ0v) is 15.5. The number of hydrogen-bond acceptors (Lipinski definition) is 4. The maximum atomic E-state index is 13.0. The van der Waals surface area contributed by atoms with Crippen molar-refractivity contribution in [1.82, 2.24) is 10.3 Å². The minimum atomic E-state index is -0.409. The summed E-state index contributed by atoms with van der Waals surface area (Å²) >= 11 is 0. The Labute approximate surface area is 155 Å². The second kappa shape index (κ2) is 8.21. The van der Waals surface area contributed by atoms with Gasteiger partial charge in [0.15, 0.2) is 0 Å². The predicted octanol–water partition coefficient (Wildman–Crippen LogP) is 3.44. The van der Waals surface area contributed by atoms with Crippen LogP contribution >= 0.6 is 0 Å². The van der Waals surface area contributed by atoms with Gasteiger partial charge in [0.2, 0.25) is 5.91 Å². The summed E-state index contributed by atoms with van der Waals surface area (Å²) in [6, 6.07) is 11.9. The third-order valence-electron chi connectivity index (χ3n) is 5.17. The molecule has 1 amide bonds. The predicted molar refractivity (Wildman–Crippen MR) is 104 cm³/mol. The molecule has 2 aromatic rings. The van der Waals surface area contributed by atoms with Crippen molar-refractivity contribution in [2.45, 2.75) is 38.0 Å². The van der Waals surface area contributed by atoms with E-state index in [1.54, 1.807) is 13.3 Å². The topological polar surface area (TPSA) is 63.2 Å². The third-order valence-corrected chi connectivity index (χ3v) is 5.17. The Hall–Kier alpha value is -2.56. The van der Waals surface area contributed by atoms with E-state index in [2.05, 4.69) is 15.6 Å². The Balaban J connectivity index is 1.60. The fourth-order valence-corrected chi connectivity index (χ4v) is 3.70. The number of carbonyl (C=O) groups is 1. The molecule has 0 unspecified atom stereocenters. The first-order chi connectivity index (χ1) is 12.6. The van der Waals surface area contributed by atoms with Crippen molar-refractivity contribution in [2.75, 3.05) is 25.5 Å². The van der Waals surface area contributed by atoms with Crippen LogP contribution in [0, 0.1) is 6.92 Å². The average Bonchev–Trinajstić information content (AvgIpc) is 3.16. The van der Waals surface area contributed by atoms with Gasteiger partial charge in [-0.2, -0.15) is 0 Å². The van der Waals surface area contributed by atoms with Gasteiger partial charge >= 0.3 is 0 Å². The van der Waals surface area contributed by atoms with Crippen LogP contribution in [-0.2, 0) is 10.2 Å². The summed E-state index contributed by atoms with van der Waals surface area (Å²) in [5, 5.41) is 6.37. The lowest BCUT2D eigenvalue weighted by atomic mass is 9.78. The van der Waals surface area contributed by atoms with Crippen molar-refractivity contribution in [1.29, 1.82) is 0 Å². The number of methoxy groups -OCH3 is 1. The van der Waals surface area contributed by atoms with E-state index >= 15 is 0 Å². The Morgan fingerprint density at radius 2 is 1.88 bits per heavy atom. The van der Waals surface area contributed by atoms with Crippen molar-refractivity contribution in [3.8, 4) is 5.75 Å². The molecule has 138 valence electrons. The second-order valence-electron chi connectivity index (χ2n) is 6.92. The number of aromatic nitrogens is 1. The van der Waals surface area contributed by atoms with E-state index in [0.29, 0.717) is 13.1 Å². The molecule has 0 radical (unpaired) electrons. The molecule has 5 heteroatoms. The van der Waals surface area contributed by atoms with Crippen molar-refractivity contribution in [2.24, 2.45) is 0 Å². The molecule has 1 saturated carbocycles. The van der Waals surface area contributed by atoms with Crippen molar-refractivity contribution in [3.63, 3.8) is 0 Å². The molecular weight excluding hydrogens is 326 g/mol. The highest BCUT2D eigenvalue weighted by atomic mass is 16.5. The molecule has 3 rings (SSSR count). The lowest BCUT2D eigenvalue weighted by Gasteiger charge is -2.28. The Kier molecular flexibility index (Phi) is 5.76. The van der Waals surface area contributed by atoms with Gasteiger partial charge in [-0.15, -0.1) is 0 Å². The van der Waals surface area contributed by atoms with E-state index in [1.165, 1.54) is 0 Å². The summed E-state index contributed by atoms with van der Waals surface area (Å²) in [5.74, 6) is 1.78. The number of pyridine rings is 1. The molecule has 5 nitrogen and oxygen atoms in total. The van der Waals surface area contributed by atoms with Gasteiger partial charge in [0.1, 0.15) is 11.6 Å². The summed E-state index contributed by atoms with van der Waals surface area (Å²) in [4.78, 5) is 17.3. The van der Waals surface area contributed by atoms with E-state index in [0.717, 1.165) is 48.4 Å². The maximum Gasteiger partial charge on any atom is 0.230 e. The lowest BCUT2D eigenvalue weighted by molar-refractivity contribution is -0.126. The molecule has 0 saturated heterocycles. The van der Waals surface area contributed by atoms with Crippen molar-refractivity contribution < 1.29 is 9.53 Å². The first-order valence-electron chi connectivity index (χ1n) is 9.23. The number of rotatable bonds is 7. The summed E-state index contributed by atoms with van der Waals surface area (Å²) in [6.45, 7) is 3.26. The number of amides is 1. The number of aryl methyl sites for hydroxylation is 1. The highest BCUT2D eigenvalue weighted by molar-refractivity contribution is 5.88. The highest BCUT2D eigenvalue weighted by Gasteiger charge is 2.42. The Morgan fingerprint density at radius 1 is 1.15 bits per heavy atom. The molecule has 1 fully saturated rings. The summed E-state index contributed by atoms with van der Waals surface area (Å²) in [6.07, 6.45) is 5.76. The molecular formula is C21H27N3O2. The van der Waals surface area contributed by atoms with Gasteiger partial charge < -0.3 is 15.4 Å². The van der Waals surface area contributed by atoms with E-state index in [9.17, 15) is 4.79 Å².